The summed E-state index contributed by atoms with van der Waals surface area (Å²) in [5, 5.41) is 5.43. The van der Waals surface area contributed by atoms with E-state index in [1.165, 1.54) is 0 Å². The Labute approximate surface area is 156 Å². The Bertz CT molecular complexity index is 867. The first-order valence-corrected chi connectivity index (χ1v) is 8.47. The fourth-order valence-electron chi connectivity index (χ4n) is 2.18. The summed E-state index contributed by atoms with van der Waals surface area (Å²) in [5.41, 5.74) is 5.73. The van der Waals surface area contributed by atoms with Crippen LogP contribution in [0.15, 0.2) is 77.9 Å². The van der Waals surface area contributed by atoms with Gasteiger partial charge in [-0.05, 0) is 42.0 Å². The molecule has 1 N–H and O–H groups in total. The minimum absolute atomic E-state index is 0.374. The number of para-hydroxylation sites is 1. The number of ether oxygens (including phenoxy) is 1. The lowest BCUT2D eigenvalue weighted by atomic mass is 10.2. The summed E-state index contributed by atoms with van der Waals surface area (Å²) in [7, 11) is 0. The zero-order chi connectivity index (χ0) is 17.5. The lowest BCUT2D eigenvalue weighted by Gasteiger charge is -2.08. The van der Waals surface area contributed by atoms with Crippen LogP contribution in [0.4, 0.5) is 5.69 Å². The van der Waals surface area contributed by atoms with Gasteiger partial charge < -0.3 is 4.74 Å². The highest BCUT2D eigenvalue weighted by atomic mass is 35.5. The predicted octanol–water partition coefficient (Wildman–Crippen LogP) is 6.02. The smallest absolute Gasteiger partial charge is 0.120 e. The Balaban J connectivity index is 1.61. The lowest BCUT2D eigenvalue weighted by molar-refractivity contribution is 0.306. The van der Waals surface area contributed by atoms with Crippen molar-refractivity contribution in [3.05, 3.63) is 94.0 Å². The molecule has 0 heterocycles. The van der Waals surface area contributed by atoms with Crippen LogP contribution in [0.3, 0.4) is 0 Å². The molecule has 0 aliphatic rings. The summed E-state index contributed by atoms with van der Waals surface area (Å²) in [6.07, 6.45) is 1.75. The van der Waals surface area contributed by atoms with Crippen LogP contribution < -0.4 is 10.2 Å². The molecule has 0 aliphatic carbocycles. The van der Waals surface area contributed by atoms with E-state index in [4.69, 9.17) is 27.9 Å². The van der Waals surface area contributed by atoms with Gasteiger partial charge in [0.2, 0.25) is 0 Å². The molecule has 5 heteroatoms. The Morgan fingerprint density at radius 1 is 0.920 bits per heavy atom. The zero-order valence-electron chi connectivity index (χ0n) is 13.3. The fraction of sp³-hybridized carbons (Fsp3) is 0.0500. The zero-order valence-corrected chi connectivity index (χ0v) is 14.8. The number of rotatable bonds is 6. The van der Waals surface area contributed by atoms with Crippen LogP contribution in [0.1, 0.15) is 11.1 Å². The van der Waals surface area contributed by atoms with Crippen molar-refractivity contribution in [2.45, 2.75) is 6.61 Å². The molecule has 126 valence electrons. The molecule has 3 aromatic rings. The number of nitrogens with one attached hydrogen (secondary N) is 1. The number of hydrogen-bond acceptors (Lipinski definition) is 3. The number of hydrazone groups is 1. The number of anilines is 1. The molecule has 0 fully saturated rings. The molecular formula is C20H16Cl2N2O. The average molecular weight is 371 g/mol. The van der Waals surface area contributed by atoms with Crippen molar-refractivity contribution in [3.63, 3.8) is 0 Å². The minimum atomic E-state index is 0.374. The van der Waals surface area contributed by atoms with Crippen molar-refractivity contribution in [2.75, 3.05) is 5.43 Å². The normalized spacial score (nSPS) is 10.8. The summed E-state index contributed by atoms with van der Waals surface area (Å²) in [6, 6.07) is 22.8. The van der Waals surface area contributed by atoms with Crippen LogP contribution in [0.25, 0.3) is 0 Å². The van der Waals surface area contributed by atoms with E-state index in [0.717, 1.165) is 22.6 Å². The second-order valence-corrected chi connectivity index (χ2v) is 6.18. The summed E-state index contributed by atoms with van der Waals surface area (Å²) in [5.74, 6) is 0.745. The van der Waals surface area contributed by atoms with Crippen molar-refractivity contribution in [2.24, 2.45) is 5.10 Å². The van der Waals surface area contributed by atoms with Gasteiger partial charge in [0.1, 0.15) is 12.4 Å². The van der Waals surface area contributed by atoms with Gasteiger partial charge in [0.15, 0.2) is 0 Å². The topological polar surface area (TPSA) is 33.6 Å². The third-order valence-corrected chi connectivity index (χ3v) is 4.04. The second-order valence-electron chi connectivity index (χ2n) is 5.33. The van der Waals surface area contributed by atoms with E-state index in [1.807, 2.05) is 60.7 Å². The van der Waals surface area contributed by atoms with Crippen LogP contribution in [0.2, 0.25) is 10.0 Å². The number of nitrogens with zero attached hydrogens (tertiary/aromatic N) is 1. The van der Waals surface area contributed by atoms with E-state index < -0.39 is 0 Å². The maximum Gasteiger partial charge on any atom is 0.120 e. The van der Waals surface area contributed by atoms with E-state index in [-0.39, 0.29) is 0 Å². The SMILES string of the molecule is Clc1ccc(COc2cccc(C=NNc3ccccc3)c2)c(Cl)c1. The molecule has 0 bridgehead atoms. The molecular weight excluding hydrogens is 355 g/mol. The second kappa shape index (κ2) is 8.56. The molecule has 3 rings (SSSR count). The van der Waals surface area contributed by atoms with Crippen LogP contribution in [-0.2, 0) is 6.61 Å². The maximum atomic E-state index is 6.16. The Morgan fingerprint density at radius 2 is 1.76 bits per heavy atom. The van der Waals surface area contributed by atoms with Crippen LogP contribution in [-0.4, -0.2) is 6.21 Å². The number of halogens is 2. The van der Waals surface area contributed by atoms with E-state index in [0.29, 0.717) is 16.7 Å². The molecule has 3 nitrogen and oxygen atoms in total. The van der Waals surface area contributed by atoms with Gasteiger partial charge in [-0.1, -0.05) is 59.6 Å². The van der Waals surface area contributed by atoms with Crippen molar-refractivity contribution in [3.8, 4) is 5.75 Å². The van der Waals surface area contributed by atoms with Gasteiger partial charge in [-0.25, -0.2) is 0 Å². The molecule has 0 spiro atoms. The lowest BCUT2D eigenvalue weighted by Crippen LogP contribution is -1.97. The van der Waals surface area contributed by atoms with Crippen molar-refractivity contribution in [1.29, 1.82) is 0 Å². The molecule has 0 saturated heterocycles. The fourth-order valence-corrected chi connectivity index (χ4v) is 2.64. The van der Waals surface area contributed by atoms with Gasteiger partial charge in [-0.2, -0.15) is 5.10 Å². The highest BCUT2D eigenvalue weighted by Gasteiger charge is 2.03. The van der Waals surface area contributed by atoms with E-state index in [9.17, 15) is 0 Å². The molecule has 0 radical (unpaired) electrons. The van der Waals surface area contributed by atoms with Gasteiger partial charge in [0.25, 0.3) is 0 Å². The first-order chi connectivity index (χ1) is 12.2. The largest absolute Gasteiger partial charge is 0.489 e. The monoisotopic (exact) mass is 370 g/mol. The number of hydrogen-bond donors (Lipinski definition) is 1. The minimum Gasteiger partial charge on any atom is -0.489 e. The van der Waals surface area contributed by atoms with Crippen molar-refractivity contribution < 1.29 is 4.74 Å². The Morgan fingerprint density at radius 3 is 2.56 bits per heavy atom. The molecule has 0 saturated carbocycles. The van der Waals surface area contributed by atoms with Crippen molar-refractivity contribution >= 4 is 35.1 Å². The first kappa shape index (κ1) is 17.3. The molecule has 3 aromatic carbocycles. The van der Waals surface area contributed by atoms with E-state index >= 15 is 0 Å². The molecule has 25 heavy (non-hydrogen) atoms. The van der Waals surface area contributed by atoms with Gasteiger partial charge in [-0.3, -0.25) is 5.43 Å². The first-order valence-electron chi connectivity index (χ1n) is 7.71. The highest BCUT2D eigenvalue weighted by molar-refractivity contribution is 6.35. The molecule has 0 amide bonds. The van der Waals surface area contributed by atoms with Crippen molar-refractivity contribution in [1.82, 2.24) is 0 Å². The van der Waals surface area contributed by atoms with E-state index in [2.05, 4.69) is 10.5 Å². The molecule has 0 aromatic heterocycles. The summed E-state index contributed by atoms with van der Waals surface area (Å²) < 4.78 is 5.81. The summed E-state index contributed by atoms with van der Waals surface area (Å²) >= 11 is 12.1. The van der Waals surface area contributed by atoms with Gasteiger partial charge >= 0.3 is 0 Å². The molecule has 0 atom stereocenters. The summed E-state index contributed by atoms with van der Waals surface area (Å²) in [4.78, 5) is 0. The van der Waals surface area contributed by atoms with Gasteiger partial charge in [0.05, 0.1) is 11.9 Å². The van der Waals surface area contributed by atoms with E-state index in [1.54, 1.807) is 18.3 Å². The Kier molecular flexibility index (Phi) is 5.94. The average Bonchev–Trinajstić information content (AvgIpc) is 2.62. The quantitative estimate of drug-likeness (QED) is 0.425. The molecule has 0 aliphatic heterocycles. The Hall–Kier alpha value is -2.49. The molecule has 0 unspecified atom stereocenters. The predicted molar refractivity (Wildman–Crippen MR) is 105 cm³/mol. The van der Waals surface area contributed by atoms with Crippen LogP contribution in [0, 0.1) is 0 Å². The highest BCUT2D eigenvalue weighted by Crippen LogP contribution is 2.23. The van der Waals surface area contributed by atoms with Gasteiger partial charge in [0, 0.05) is 15.6 Å². The van der Waals surface area contributed by atoms with Crippen LogP contribution in [0.5, 0.6) is 5.75 Å². The third-order valence-electron chi connectivity index (χ3n) is 3.45. The van der Waals surface area contributed by atoms with Crippen LogP contribution >= 0.6 is 23.2 Å². The maximum absolute atomic E-state index is 6.16. The standard InChI is InChI=1S/C20H16Cl2N2O/c21-17-10-9-16(20(22)12-17)14-25-19-8-4-5-15(11-19)13-23-24-18-6-2-1-3-7-18/h1-13,24H,14H2. The summed E-state index contributed by atoms with van der Waals surface area (Å²) in [6.45, 7) is 0.374. The van der Waals surface area contributed by atoms with Gasteiger partial charge in [-0.15, -0.1) is 0 Å². The third kappa shape index (κ3) is 5.24. The number of benzene rings is 3.